The molecule has 1 aliphatic heterocycles. The van der Waals surface area contributed by atoms with Gasteiger partial charge in [-0.25, -0.2) is 32.2 Å². The van der Waals surface area contributed by atoms with E-state index in [9.17, 15) is 28.0 Å². The normalized spacial score (nSPS) is 14.5. The highest BCUT2D eigenvalue weighted by molar-refractivity contribution is 7.84. The van der Waals surface area contributed by atoms with Crippen LogP contribution in [0.2, 0.25) is 0 Å². The van der Waals surface area contributed by atoms with Gasteiger partial charge in [-0.1, -0.05) is 18.2 Å². The quantitative estimate of drug-likeness (QED) is 0.175. The van der Waals surface area contributed by atoms with Crippen molar-refractivity contribution in [2.24, 2.45) is 0 Å². The molecule has 2 aromatic heterocycles. The first-order valence-corrected chi connectivity index (χ1v) is 15.8. The number of fused-ring (bicyclic) bond motifs is 1. The van der Waals surface area contributed by atoms with Crippen LogP contribution in [0.3, 0.4) is 0 Å². The number of aromatic amines is 1. The molecule has 5 rings (SSSR count). The lowest BCUT2D eigenvalue weighted by molar-refractivity contribution is -0.697. The van der Waals surface area contributed by atoms with Crippen molar-refractivity contribution in [3.05, 3.63) is 117 Å². The molecule has 16 heteroatoms. The molecular weight excluding hydrogens is 641 g/mol. The number of halogens is 3. The fourth-order valence-electron chi connectivity index (χ4n) is 5.27. The van der Waals surface area contributed by atoms with Gasteiger partial charge in [0.2, 0.25) is 5.95 Å². The maximum atomic E-state index is 13.6. The lowest BCUT2D eigenvalue weighted by Gasteiger charge is -2.36. The molecule has 2 aromatic carbocycles. The smallest absolute Gasteiger partial charge is 0.416 e. The average Bonchev–Trinajstić information content (AvgIpc) is 3.40. The Morgan fingerprint density at radius 2 is 1.83 bits per heavy atom. The zero-order valence-corrected chi connectivity index (χ0v) is 26.2. The van der Waals surface area contributed by atoms with Crippen LogP contribution in [0.15, 0.2) is 89.1 Å². The fourth-order valence-corrected chi connectivity index (χ4v) is 5.27. The van der Waals surface area contributed by atoms with Crippen molar-refractivity contribution in [2.45, 2.75) is 38.5 Å². The van der Waals surface area contributed by atoms with E-state index in [1.807, 2.05) is 35.2 Å². The van der Waals surface area contributed by atoms with E-state index in [-0.39, 0.29) is 22.9 Å². The number of ether oxygens (including phenoxy) is 1. The summed E-state index contributed by atoms with van der Waals surface area (Å²) < 4.78 is 76.4. The lowest BCUT2D eigenvalue weighted by Crippen LogP contribution is -2.38. The number of hydrogen-bond donors (Lipinski definition) is 1. The number of methoxy groups -OCH3 is 1. The minimum absolute atomic E-state index is 0.00429. The van der Waals surface area contributed by atoms with E-state index in [0.717, 1.165) is 17.7 Å². The molecular formula is C31H29F3N6O6S. The van der Waals surface area contributed by atoms with Crippen LogP contribution >= 0.6 is 0 Å². The van der Waals surface area contributed by atoms with Crippen molar-refractivity contribution in [3.63, 3.8) is 0 Å². The average molecular weight is 671 g/mol. The van der Waals surface area contributed by atoms with Crippen molar-refractivity contribution in [1.82, 2.24) is 14.8 Å². The molecule has 4 aromatic rings. The van der Waals surface area contributed by atoms with Crippen molar-refractivity contribution in [1.29, 1.82) is 5.26 Å². The Bertz CT molecular complexity index is 2010. The highest BCUT2D eigenvalue weighted by Crippen LogP contribution is 2.43. The second-order valence-corrected chi connectivity index (χ2v) is 11.8. The number of aromatic nitrogens is 4. The summed E-state index contributed by atoms with van der Waals surface area (Å²) >= 11 is 0. The van der Waals surface area contributed by atoms with Crippen LogP contribution in [-0.2, 0) is 38.8 Å². The van der Waals surface area contributed by atoms with E-state index in [2.05, 4.69) is 16.3 Å². The first kappa shape index (κ1) is 34.6. The number of pyridine rings is 1. The second kappa shape index (κ2) is 14.0. The minimum atomic E-state index is -4.61. The molecule has 0 aliphatic carbocycles. The number of esters is 1. The molecule has 1 atom stereocenters. The molecule has 0 amide bonds. The summed E-state index contributed by atoms with van der Waals surface area (Å²) in [6, 6.07) is 16.4. The summed E-state index contributed by atoms with van der Waals surface area (Å²) in [5, 5.41) is 16.1. The van der Waals surface area contributed by atoms with Crippen LogP contribution in [0.5, 0.6) is 0 Å². The zero-order chi connectivity index (χ0) is 34.5. The molecule has 0 fully saturated rings. The number of H-pyrrole nitrogens is 1. The first-order chi connectivity index (χ1) is 22.1. The number of aryl methyl sites for hydroxylation is 2. The van der Waals surface area contributed by atoms with E-state index in [4.69, 9.17) is 17.7 Å². The third kappa shape index (κ3) is 8.12. The number of benzene rings is 2. The monoisotopic (exact) mass is 670 g/mol. The van der Waals surface area contributed by atoms with E-state index in [1.54, 1.807) is 25.1 Å². The number of rotatable bonds is 7. The Morgan fingerprint density at radius 1 is 1.15 bits per heavy atom. The summed E-state index contributed by atoms with van der Waals surface area (Å²) in [6.07, 6.45) is 1.06. The van der Waals surface area contributed by atoms with E-state index in [1.165, 1.54) is 28.7 Å². The molecule has 0 spiro atoms. The van der Waals surface area contributed by atoms with Crippen molar-refractivity contribution in [3.8, 4) is 6.07 Å². The van der Waals surface area contributed by atoms with Crippen LogP contribution < -0.4 is 15.2 Å². The Kier molecular flexibility index (Phi) is 10.3. The maximum Gasteiger partial charge on any atom is 0.416 e. The van der Waals surface area contributed by atoms with Gasteiger partial charge in [-0.2, -0.15) is 18.4 Å². The Labute approximate surface area is 267 Å². The number of hydrogen-bond acceptors (Lipinski definition) is 9. The van der Waals surface area contributed by atoms with Gasteiger partial charge in [-0.15, -0.1) is 5.10 Å². The van der Waals surface area contributed by atoms with Crippen LogP contribution in [0.4, 0.5) is 24.8 Å². The van der Waals surface area contributed by atoms with Crippen LogP contribution in [0, 0.1) is 11.3 Å². The minimum Gasteiger partial charge on any atom is -0.748 e. The molecule has 0 bridgehead atoms. The number of nitrogens with one attached hydrogen (secondary N) is 1. The molecule has 12 nitrogen and oxygen atoms in total. The summed E-state index contributed by atoms with van der Waals surface area (Å²) in [6.45, 7) is 2.25. The molecule has 1 aliphatic rings. The number of alkyl halides is 3. The Balaban J connectivity index is 0.000000930. The van der Waals surface area contributed by atoms with Gasteiger partial charge in [0.25, 0.3) is 0 Å². The molecule has 0 unspecified atom stereocenters. The topological polar surface area (TPSA) is 165 Å². The second-order valence-electron chi connectivity index (χ2n) is 10.4. The van der Waals surface area contributed by atoms with Crippen molar-refractivity contribution in [2.75, 3.05) is 18.3 Å². The summed E-state index contributed by atoms with van der Waals surface area (Å²) in [5.74, 6) is -0.756. The third-order valence-corrected chi connectivity index (χ3v) is 7.19. The molecule has 3 heterocycles. The fraction of sp³-hybridized carbons (Fsp3) is 0.258. The zero-order valence-electron chi connectivity index (χ0n) is 25.4. The van der Waals surface area contributed by atoms with Crippen LogP contribution in [0.1, 0.15) is 41.6 Å². The molecule has 0 radical (unpaired) electrons. The SMILES string of the molecule is COC(=O)C1=C(C)N(c2cccc(C(F)(F)F)c2)c2n[nH]c(=O)n2[C@@H]1c1ccc(C#N)cc1CCC[n+]1ccccc1.CS(=O)(=O)[O-]. The summed E-state index contributed by atoms with van der Waals surface area (Å²) in [7, 11) is -2.72. The van der Waals surface area contributed by atoms with Gasteiger partial charge < -0.3 is 9.29 Å². The van der Waals surface area contributed by atoms with Gasteiger partial charge in [0.1, 0.15) is 12.6 Å². The Morgan fingerprint density at radius 3 is 2.45 bits per heavy atom. The number of nitriles is 1. The van der Waals surface area contributed by atoms with Crippen LogP contribution in [0.25, 0.3) is 0 Å². The number of anilines is 2. The highest BCUT2D eigenvalue weighted by Gasteiger charge is 2.41. The number of nitrogens with zero attached hydrogens (tertiary/aromatic N) is 5. The van der Waals surface area contributed by atoms with Crippen molar-refractivity contribution < 1.29 is 40.2 Å². The van der Waals surface area contributed by atoms with Gasteiger partial charge in [0, 0.05) is 36.2 Å². The van der Waals surface area contributed by atoms with E-state index >= 15 is 0 Å². The van der Waals surface area contributed by atoms with Gasteiger partial charge in [0.15, 0.2) is 12.4 Å². The standard InChI is InChI=1S/C30H25F3N6O3.CH4O3S/c1-19-25(27(40)42-2)26(24-12-11-20(18-34)16-21(24)8-7-15-37-13-4-3-5-14-37)39-28(35-36-29(39)41)38(19)23-10-6-9-22(17-23)30(31,32)33;1-5(2,3)4/h3-6,9-14,16-17,26H,7-8,15H2,1-2H3;1H3,(H,2,3,4)/t26-;/m1./s1. The van der Waals surface area contributed by atoms with E-state index < -0.39 is 39.6 Å². The third-order valence-electron chi connectivity index (χ3n) is 7.19. The Hall–Kier alpha value is -5.27. The number of allylic oxidation sites excluding steroid dienone is 1. The lowest BCUT2D eigenvalue weighted by atomic mass is 9.88. The molecule has 47 heavy (non-hydrogen) atoms. The van der Waals surface area contributed by atoms with Crippen LogP contribution in [-0.4, -0.2) is 47.1 Å². The predicted molar refractivity (Wildman–Crippen MR) is 161 cm³/mol. The summed E-state index contributed by atoms with van der Waals surface area (Å²) in [4.78, 5) is 27.9. The maximum absolute atomic E-state index is 13.6. The molecule has 0 saturated heterocycles. The number of carbonyl (C=O) groups excluding carboxylic acids is 1. The molecule has 246 valence electrons. The predicted octanol–water partition coefficient (Wildman–Crippen LogP) is 3.73. The highest BCUT2D eigenvalue weighted by atomic mass is 32.2. The molecule has 1 N–H and O–H groups in total. The number of carbonyl (C=O) groups is 1. The van der Waals surface area contributed by atoms with Gasteiger partial charge in [-0.05, 0) is 54.8 Å². The van der Waals surface area contributed by atoms with Gasteiger partial charge in [-0.3, -0.25) is 4.90 Å². The molecule has 0 saturated carbocycles. The van der Waals surface area contributed by atoms with Gasteiger partial charge >= 0.3 is 17.8 Å². The van der Waals surface area contributed by atoms with E-state index in [0.29, 0.717) is 36.8 Å². The largest absolute Gasteiger partial charge is 0.748 e. The van der Waals surface area contributed by atoms with Crippen molar-refractivity contribution >= 4 is 27.7 Å². The summed E-state index contributed by atoms with van der Waals surface area (Å²) in [5.41, 5.74) is 0.490. The van der Waals surface area contributed by atoms with Gasteiger partial charge in [0.05, 0.1) is 40.0 Å². The first-order valence-electron chi connectivity index (χ1n) is 13.9.